The Bertz CT molecular complexity index is 1310. The van der Waals surface area contributed by atoms with Crippen LogP contribution in [-0.4, -0.2) is 92.3 Å². The molecular weight excluding hydrogens is 805 g/mol. The summed E-state index contributed by atoms with van der Waals surface area (Å²) in [7, 11) is 4.17. The van der Waals surface area contributed by atoms with E-state index in [0.717, 1.165) is 38.5 Å². The first-order valence-electron chi connectivity index (χ1n) is 26.3. The highest BCUT2D eigenvalue weighted by molar-refractivity contribution is 5.97. The molecule has 0 saturated carbocycles. The van der Waals surface area contributed by atoms with Gasteiger partial charge < -0.3 is 19.7 Å². The minimum atomic E-state index is -2.07. The molecule has 64 heavy (non-hydrogen) atoms. The number of carboxylic acid groups (broad SMARTS) is 2. The SMILES string of the molecule is CCCCCCCCCCCCCC(CCCCCCCCCCCCC)(CC(C(=O)OC1CC(C)(C)N(C)C(C)(C)C1)C(C(=O)O)C(=O)O)C(=O)OC1CC(C)(C)N(C)C(C)(C)C1. The van der Waals surface area contributed by atoms with Crippen molar-refractivity contribution in [1.82, 2.24) is 9.80 Å². The molecule has 0 aliphatic carbocycles. The Morgan fingerprint density at radius 2 is 0.781 bits per heavy atom. The van der Waals surface area contributed by atoms with E-state index >= 15 is 4.79 Å². The van der Waals surface area contributed by atoms with E-state index in [9.17, 15) is 24.6 Å². The van der Waals surface area contributed by atoms with E-state index in [0.29, 0.717) is 51.4 Å². The van der Waals surface area contributed by atoms with Crippen LogP contribution in [0.2, 0.25) is 0 Å². The maximum absolute atomic E-state index is 15.3. The van der Waals surface area contributed by atoms with Gasteiger partial charge in [0.2, 0.25) is 0 Å². The number of hydrogen-bond donors (Lipinski definition) is 2. The second-order valence-corrected chi connectivity index (χ2v) is 23.1. The predicted octanol–water partition coefficient (Wildman–Crippen LogP) is 13.6. The number of nitrogens with zero attached hydrogens (tertiary/aromatic N) is 2. The number of carboxylic acids is 2. The Kier molecular flexibility index (Phi) is 25.0. The van der Waals surface area contributed by atoms with Crippen LogP contribution in [0.1, 0.15) is 255 Å². The van der Waals surface area contributed by atoms with Crippen molar-refractivity contribution in [2.75, 3.05) is 14.1 Å². The Labute approximate surface area is 392 Å². The van der Waals surface area contributed by atoms with Crippen molar-refractivity contribution < 1.29 is 38.9 Å². The summed E-state index contributed by atoms with van der Waals surface area (Å²) in [5.41, 5.74) is -2.40. The molecule has 0 bridgehead atoms. The summed E-state index contributed by atoms with van der Waals surface area (Å²) >= 11 is 0. The van der Waals surface area contributed by atoms with Crippen LogP contribution in [0.25, 0.3) is 0 Å². The van der Waals surface area contributed by atoms with Crippen LogP contribution in [0.3, 0.4) is 0 Å². The van der Waals surface area contributed by atoms with Crippen LogP contribution in [-0.2, 0) is 28.7 Å². The molecule has 2 saturated heterocycles. The van der Waals surface area contributed by atoms with Gasteiger partial charge in [-0.2, -0.15) is 0 Å². The van der Waals surface area contributed by atoms with Crippen LogP contribution < -0.4 is 0 Å². The number of aliphatic carboxylic acids is 2. The molecule has 0 spiro atoms. The van der Waals surface area contributed by atoms with Gasteiger partial charge in [0, 0.05) is 47.8 Å². The Morgan fingerprint density at radius 1 is 0.500 bits per heavy atom. The summed E-state index contributed by atoms with van der Waals surface area (Å²) in [6, 6.07) is 0. The summed E-state index contributed by atoms with van der Waals surface area (Å²) in [4.78, 5) is 60.5. The van der Waals surface area contributed by atoms with E-state index in [1.54, 1.807) is 0 Å². The van der Waals surface area contributed by atoms with Gasteiger partial charge in [0.1, 0.15) is 12.2 Å². The lowest BCUT2D eigenvalue weighted by Crippen LogP contribution is -2.61. The molecule has 2 heterocycles. The van der Waals surface area contributed by atoms with Crippen molar-refractivity contribution in [3.05, 3.63) is 0 Å². The summed E-state index contributed by atoms with van der Waals surface area (Å²) in [5, 5.41) is 21.1. The predicted molar refractivity (Wildman–Crippen MR) is 262 cm³/mol. The zero-order valence-electron chi connectivity index (χ0n) is 43.6. The first-order chi connectivity index (χ1) is 30.0. The first kappa shape index (κ1) is 57.9. The second kappa shape index (κ2) is 27.6. The molecule has 2 rings (SSSR count). The largest absolute Gasteiger partial charge is 0.481 e. The van der Waals surface area contributed by atoms with Gasteiger partial charge in [0.25, 0.3) is 0 Å². The maximum Gasteiger partial charge on any atom is 0.318 e. The molecule has 10 heteroatoms. The lowest BCUT2D eigenvalue weighted by Gasteiger charge is -2.53. The molecule has 1 atom stereocenters. The van der Waals surface area contributed by atoms with Crippen molar-refractivity contribution in [2.24, 2.45) is 17.3 Å². The van der Waals surface area contributed by atoms with Gasteiger partial charge in [-0.1, -0.05) is 155 Å². The number of rotatable bonds is 33. The highest BCUT2D eigenvalue weighted by Gasteiger charge is 2.52. The van der Waals surface area contributed by atoms with Gasteiger partial charge in [-0.3, -0.25) is 29.0 Å². The Hall–Kier alpha value is -2.20. The molecule has 2 aliphatic rings. The van der Waals surface area contributed by atoms with Crippen molar-refractivity contribution >= 4 is 23.9 Å². The third kappa shape index (κ3) is 18.8. The maximum atomic E-state index is 15.3. The first-order valence-corrected chi connectivity index (χ1v) is 26.3. The molecular formula is C54H100N2O8. The zero-order chi connectivity index (χ0) is 48.2. The fourth-order valence-corrected chi connectivity index (χ4v) is 11.3. The topological polar surface area (TPSA) is 134 Å². The monoisotopic (exact) mass is 905 g/mol. The average Bonchev–Trinajstić information content (AvgIpc) is 3.18. The number of likely N-dealkylation sites (tertiary alicyclic amines) is 2. The summed E-state index contributed by atoms with van der Waals surface area (Å²) < 4.78 is 12.9. The lowest BCUT2D eigenvalue weighted by atomic mass is 9.69. The number of esters is 2. The Morgan fingerprint density at radius 3 is 1.08 bits per heavy atom. The van der Waals surface area contributed by atoms with Gasteiger partial charge in [0.15, 0.2) is 5.92 Å². The number of carbonyl (C=O) groups excluding carboxylic acids is 2. The summed E-state index contributed by atoms with van der Waals surface area (Å²) in [6.07, 6.45) is 27.0. The number of piperidine rings is 2. The zero-order valence-corrected chi connectivity index (χ0v) is 43.6. The van der Waals surface area contributed by atoms with Crippen molar-refractivity contribution in [2.45, 2.75) is 290 Å². The molecule has 10 nitrogen and oxygen atoms in total. The van der Waals surface area contributed by atoms with E-state index in [2.05, 4.69) is 93.1 Å². The van der Waals surface area contributed by atoms with Crippen molar-refractivity contribution in [3.63, 3.8) is 0 Å². The van der Waals surface area contributed by atoms with E-state index in [1.165, 1.54) is 89.9 Å². The minimum Gasteiger partial charge on any atom is -0.481 e. The van der Waals surface area contributed by atoms with Gasteiger partial charge in [-0.25, -0.2) is 0 Å². The number of carbonyl (C=O) groups is 4. The van der Waals surface area contributed by atoms with E-state index in [1.807, 2.05) is 0 Å². The second-order valence-electron chi connectivity index (χ2n) is 23.1. The molecule has 0 radical (unpaired) electrons. The number of hydrogen-bond acceptors (Lipinski definition) is 8. The molecule has 0 aromatic rings. The normalized spacial score (nSPS) is 19.7. The Balaban J connectivity index is 2.52. The molecule has 1 unspecified atom stereocenters. The van der Waals surface area contributed by atoms with Crippen LogP contribution in [0.5, 0.6) is 0 Å². The van der Waals surface area contributed by atoms with E-state index < -0.39 is 47.2 Å². The summed E-state index contributed by atoms with van der Waals surface area (Å²) in [6.45, 7) is 21.5. The smallest absolute Gasteiger partial charge is 0.318 e. The number of unbranched alkanes of at least 4 members (excludes halogenated alkanes) is 20. The van der Waals surface area contributed by atoms with Crippen LogP contribution in [0.4, 0.5) is 0 Å². The van der Waals surface area contributed by atoms with Crippen molar-refractivity contribution in [1.29, 1.82) is 0 Å². The molecule has 374 valence electrons. The van der Waals surface area contributed by atoms with E-state index in [-0.39, 0.29) is 34.7 Å². The highest BCUT2D eigenvalue weighted by atomic mass is 16.6. The molecule has 0 aromatic heterocycles. The summed E-state index contributed by atoms with van der Waals surface area (Å²) in [5.74, 6) is -8.08. The van der Waals surface area contributed by atoms with Crippen LogP contribution >= 0.6 is 0 Å². The van der Waals surface area contributed by atoms with Gasteiger partial charge in [-0.15, -0.1) is 0 Å². The fourth-order valence-electron chi connectivity index (χ4n) is 11.3. The van der Waals surface area contributed by atoms with Gasteiger partial charge in [0.05, 0.1) is 11.3 Å². The molecule has 2 N–H and O–H groups in total. The number of ether oxygens (including phenoxy) is 2. The lowest BCUT2D eigenvalue weighted by molar-refractivity contribution is -0.182. The third-order valence-electron chi connectivity index (χ3n) is 15.9. The minimum absolute atomic E-state index is 0.234. The molecule has 0 aromatic carbocycles. The molecule has 2 fully saturated rings. The van der Waals surface area contributed by atoms with Crippen LogP contribution in [0.15, 0.2) is 0 Å². The van der Waals surface area contributed by atoms with E-state index in [4.69, 9.17) is 9.47 Å². The quantitative estimate of drug-likeness (QED) is 0.0372. The molecule has 2 aliphatic heterocycles. The highest BCUT2D eigenvalue weighted by Crippen LogP contribution is 2.46. The average molecular weight is 905 g/mol. The third-order valence-corrected chi connectivity index (χ3v) is 15.9. The molecule has 0 amide bonds. The standard InChI is InChI=1S/C54H100N2O8/c1-13-15-17-19-21-23-25-27-29-31-33-35-54(36-34-32-30-28-26-24-22-20-18-16-14-2,49(62)64-43-39-52(7,8)56(12)53(9,10)40-43)41-44(45(46(57)58)47(59)60)48(61)63-42-37-50(3,4)55(11)51(5,6)38-42/h42-45H,13-41H2,1-12H3,(H,57,58)(H,59,60). The fraction of sp³-hybridized carbons (Fsp3) is 0.926. The van der Waals surface area contributed by atoms with Crippen LogP contribution in [0, 0.1) is 17.3 Å². The van der Waals surface area contributed by atoms with Gasteiger partial charge >= 0.3 is 23.9 Å². The van der Waals surface area contributed by atoms with Crippen molar-refractivity contribution in [3.8, 4) is 0 Å². The van der Waals surface area contributed by atoms with Gasteiger partial charge in [-0.05, 0) is 88.7 Å².